The Morgan fingerprint density at radius 3 is 2.65 bits per heavy atom. The Bertz CT molecular complexity index is 430. The molecule has 17 heavy (non-hydrogen) atoms. The average molecular weight is 251 g/mol. The normalized spacial score (nSPS) is 23.5. The van der Waals surface area contributed by atoms with Gasteiger partial charge in [-0.3, -0.25) is 4.79 Å². The molecule has 0 radical (unpaired) electrons. The van der Waals surface area contributed by atoms with Crippen molar-refractivity contribution in [3.8, 4) is 0 Å². The number of aromatic nitrogens is 1. The minimum absolute atomic E-state index is 0.590. The maximum Gasteiger partial charge on any atom is 0.315 e. The van der Waals surface area contributed by atoms with Gasteiger partial charge in [-0.25, -0.2) is 4.98 Å². The second kappa shape index (κ2) is 4.09. The molecule has 92 valence electrons. The van der Waals surface area contributed by atoms with E-state index in [0.717, 1.165) is 18.5 Å². The molecule has 2 fully saturated rings. The number of hydrogen-bond donors (Lipinski definition) is 1. The van der Waals surface area contributed by atoms with E-state index in [2.05, 4.69) is 4.98 Å². The van der Waals surface area contributed by atoms with Gasteiger partial charge in [-0.2, -0.15) is 0 Å². The second-order valence-corrected chi connectivity index (χ2v) is 6.18. The Labute approximate surface area is 105 Å². The number of nitrogens with zero attached hydrogens (tertiary/aromatic N) is 1. The van der Waals surface area contributed by atoms with E-state index in [-0.39, 0.29) is 0 Å². The van der Waals surface area contributed by atoms with Crippen molar-refractivity contribution in [3.63, 3.8) is 0 Å². The molecule has 0 spiro atoms. The lowest BCUT2D eigenvalue weighted by atomic mass is 9.90. The summed E-state index contributed by atoms with van der Waals surface area (Å²) in [5.41, 5.74) is 0.194. The van der Waals surface area contributed by atoms with E-state index in [0.29, 0.717) is 5.92 Å². The van der Waals surface area contributed by atoms with Gasteiger partial charge in [0.25, 0.3) is 0 Å². The Morgan fingerprint density at radius 1 is 1.35 bits per heavy atom. The highest BCUT2D eigenvalue weighted by Gasteiger charge is 2.53. The number of hydrogen-bond acceptors (Lipinski definition) is 3. The van der Waals surface area contributed by atoms with Gasteiger partial charge in [0.1, 0.15) is 5.41 Å². The van der Waals surface area contributed by atoms with Crippen LogP contribution in [0.2, 0.25) is 0 Å². The van der Waals surface area contributed by atoms with Crippen molar-refractivity contribution < 1.29 is 9.90 Å². The molecule has 1 heterocycles. The predicted octanol–water partition coefficient (Wildman–Crippen LogP) is 3.31. The topological polar surface area (TPSA) is 50.2 Å². The zero-order chi connectivity index (χ0) is 11.9. The zero-order valence-corrected chi connectivity index (χ0v) is 10.6. The summed E-state index contributed by atoms with van der Waals surface area (Å²) in [5.74, 6) is -0.106. The Hall–Kier alpha value is -0.900. The largest absolute Gasteiger partial charge is 0.481 e. The minimum atomic E-state index is -0.696. The molecule has 2 aliphatic carbocycles. The van der Waals surface area contributed by atoms with Gasteiger partial charge in [0.2, 0.25) is 0 Å². The molecule has 1 N–H and O–H groups in total. The van der Waals surface area contributed by atoms with Gasteiger partial charge >= 0.3 is 5.97 Å². The highest BCUT2D eigenvalue weighted by molar-refractivity contribution is 7.09. The third kappa shape index (κ3) is 1.88. The van der Waals surface area contributed by atoms with E-state index >= 15 is 0 Å². The second-order valence-electron chi connectivity index (χ2n) is 5.29. The molecule has 0 amide bonds. The molecule has 2 saturated carbocycles. The van der Waals surface area contributed by atoms with Crippen LogP contribution in [0.4, 0.5) is 0 Å². The molecule has 0 bridgehead atoms. The van der Waals surface area contributed by atoms with Crippen LogP contribution < -0.4 is 0 Å². The lowest BCUT2D eigenvalue weighted by Crippen LogP contribution is -2.20. The molecule has 3 rings (SSSR count). The van der Waals surface area contributed by atoms with Gasteiger partial charge in [-0.1, -0.05) is 19.3 Å². The number of carboxylic acids is 1. The molecule has 0 saturated heterocycles. The third-order valence-corrected chi connectivity index (χ3v) is 5.13. The first-order valence-electron chi connectivity index (χ1n) is 6.42. The van der Waals surface area contributed by atoms with Crippen molar-refractivity contribution >= 4 is 17.3 Å². The summed E-state index contributed by atoms with van der Waals surface area (Å²) in [4.78, 5) is 15.9. The van der Waals surface area contributed by atoms with Gasteiger partial charge < -0.3 is 5.11 Å². The first-order chi connectivity index (χ1) is 8.22. The number of carbonyl (C=O) groups is 1. The molecule has 0 aliphatic heterocycles. The van der Waals surface area contributed by atoms with Crippen LogP contribution in [0.5, 0.6) is 0 Å². The summed E-state index contributed by atoms with van der Waals surface area (Å²) in [7, 11) is 0. The molecule has 1 aromatic heterocycles. The van der Waals surface area contributed by atoms with Crippen LogP contribution in [0.3, 0.4) is 0 Å². The quantitative estimate of drug-likeness (QED) is 0.896. The molecule has 0 unspecified atom stereocenters. The highest BCUT2D eigenvalue weighted by Crippen LogP contribution is 2.49. The summed E-state index contributed by atoms with van der Waals surface area (Å²) in [5, 5.41) is 12.4. The number of thiazole rings is 1. The summed E-state index contributed by atoms with van der Waals surface area (Å²) in [6.07, 6.45) is 7.91. The van der Waals surface area contributed by atoms with Crippen LogP contribution in [0, 0.1) is 0 Å². The molecule has 0 atom stereocenters. The zero-order valence-electron chi connectivity index (χ0n) is 9.82. The van der Waals surface area contributed by atoms with E-state index < -0.39 is 11.4 Å². The number of aliphatic carboxylic acids is 1. The van der Waals surface area contributed by atoms with Crippen molar-refractivity contribution in [1.29, 1.82) is 0 Å². The Morgan fingerprint density at radius 2 is 2.06 bits per heavy atom. The number of rotatable bonds is 3. The van der Waals surface area contributed by atoms with E-state index in [1.54, 1.807) is 11.3 Å². The molecule has 4 heteroatoms. The van der Waals surface area contributed by atoms with Crippen molar-refractivity contribution in [3.05, 3.63) is 16.1 Å². The van der Waals surface area contributed by atoms with E-state index in [4.69, 9.17) is 0 Å². The molecular weight excluding hydrogens is 234 g/mol. The lowest BCUT2D eigenvalue weighted by molar-refractivity contribution is -0.140. The SMILES string of the molecule is O=C(O)C1(c2csc(C3CCCCC3)n2)CC1. The molecule has 1 aromatic rings. The van der Waals surface area contributed by atoms with Gasteiger partial charge in [0, 0.05) is 11.3 Å². The maximum absolute atomic E-state index is 11.2. The first kappa shape index (κ1) is 11.2. The van der Waals surface area contributed by atoms with Gasteiger partial charge in [0.15, 0.2) is 0 Å². The fraction of sp³-hybridized carbons (Fsp3) is 0.692. The van der Waals surface area contributed by atoms with E-state index in [1.165, 1.54) is 37.1 Å². The van der Waals surface area contributed by atoms with Crippen molar-refractivity contribution in [2.24, 2.45) is 0 Å². The summed E-state index contributed by atoms with van der Waals surface area (Å²) in [6.45, 7) is 0. The van der Waals surface area contributed by atoms with Crippen molar-refractivity contribution in [2.45, 2.75) is 56.3 Å². The summed E-state index contributed by atoms with van der Waals surface area (Å²) in [6, 6.07) is 0. The van der Waals surface area contributed by atoms with Gasteiger partial charge in [-0.05, 0) is 25.7 Å². The van der Waals surface area contributed by atoms with Crippen molar-refractivity contribution in [1.82, 2.24) is 4.98 Å². The fourth-order valence-electron chi connectivity index (χ4n) is 2.75. The average Bonchev–Trinajstić information content (AvgIpc) is 3.02. The van der Waals surface area contributed by atoms with Crippen LogP contribution in [-0.2, 0) is 10.2 Å². The lowest BCUT2D eigenvalue weighted by Gasteiger charge is -2.19. The first-order valence-corrected chi connectivity index (χ1v) is 7.30. The molecule has 3 nitrogen and oxygen atoms in total. The predicted molar refractivity (Wildman–Crippen MR) is 66.5 cm³/mol. The summed E-state index contributed by atoms with van der Waals surface area (Å²) >= 11 is 1.67. The summed E-state index contributed by atoms with van der Waals surface area (Å²) < 4.78 is 0. The van der Waals surface area contributed by atoms with Crippen LogP contribution in [-0.4, -0.2) is 16.1 Å². The highest BCUT2D eigenvalue weighted by atomic mass is 32.1. The van der Waals surface area contributed by atoms with Crippen molar-refractivity contribution in [2.75, 3.05) is 0 Å². The minimum Gasteiger partial charge on any atom is -0.481 e. The van der Waals surface area contributed by atoms with E-state index in [9.17, 15) is 9.90 Å². The standard InChI is InChI=1S/C13H17NO2S/c15-12(16)13(6-7-13)10-8-17-11(14-10)9-4-2-1-3-5-9/h8-9H,1-7H2,(H,15,16). The van der Waals surface area contributed by atoms with Crippen LogP contribution in [0.25, 0.3) is 0 Å². The Kier molecular flexibility index (Phi) is 2.69. The Balaban J connectivity index is 1.80. The van der Waals surface area contributed by atoms with Crippen LogP contribution in [0.15, 0.2) is 5.38 Å². The van der Waals surface area contributed by atoms with Crippen LogP contribution in [0.1, 0.15) is 61.6 Å². The van der Waals surface area contributed by atoms with Crippen LogP contribution >= 0.6 is 11.3 Å². The van der Waals surface area contributed by atoms with Gasteiger partial charge in [-0.15, -0.1) is 11.3 Å². The smallest absolute Gasteiger partial charge is 0.315 e. The molecule has 2 aliphatic rings. The fourth-order valence-corrected chi connectivity index (χ4v) is 3.84. The van der Waals surface area contributed by atoms with E-state index in [1.807, 2.05) is 5.38 Å². The maximum atomic E-state index is 11.2. The molecule has 0 aromatic carbocycles. The third-order valence-electron chi connectivity index (χ3n) is 4.13. The molecular formula is C13H17NO2S. The van der Waals surface area contributed by atoms with Gasteiger partial charge in [0.05, 0.1) is 10.7 Å². The monoisotopic (exact) mass is 251 g/mol. The number of carboxylic acid groups (broad SMARTS) is 1.